The summed E-state index contributed by atoms with van der Waals surface area (Å²) in [6, 6.07) is 8.39. The summed E-state index contributed by atoms with van der Waals surface area (Å²) >= 11 is 0. The first-order valence-electron chi connectivity index (χ1n) is 7.97. The van der Waals surface area contributed by atoms with Gasteiger partial charge in [0.2, 0.25) is 15.9 Å². The van der Waals surface area contributed by atoms with Crippen LogP contribution >= 0.6 is 0 Å². The number of carbonyl (C=O) groups excluding carboxylic acids is 1. The van der Waals surface area contributed by atoms with Gasteiger partial charge in [-0.25, -0.2) is 8.42 Å². The average molecular weight is 364 g/mol. The summed E-state index contributed by atoms with van der Waals surface area (Å²) < 4.78 is 30.9. The number of hydrogen-bond acceptors (Lipinski definition) is 6. The van der Waals surface area contributed by atoms with Crippen LogP contribution in [0.3, 0.4) is 0 Å². The number of nitrogens with zero attached hydrogens (tertiary/aromatic N) is 4. The Kier molecular flexibility index (Phi) is 4.87. The van der Waals surface area contributed by atoms with Crippen molar-refractivity contribution in [2.75, 3.05) is 25.9 Å². The van der Waals surface area contributed by atoms with E-state index < -0.39 is 16.1 Å². The standard InChI is InChI=1S/C16H20N4O4S/c1-12-17-15(24-18-12)14-8-9-19(10-11-20(14)25(2,22)23)16(21)13-6-4-3-5-7-13/h3-7,14H,8-11H2,1-2H3. The average Bonchev–Trinajstić information content (AvgIpc) is 2.88. The van der Waals surface area contributed by atoms with Gasteiger partial charge in [-0.05, 0) is 25.5 Å². The fourth-order valence-electron chi connectivity index (χ4n) is 2.97. The molecule has 1 unspecified atom stereocenters. The zero-order chi connectivity index (χ0) is 18.0. The number of rotatable bonds is 3. The smallest absolute Gasteiger partial charge is 0.253 e. The van der Waals surface area contributed by atoms with Crippen molar-refractivity contribution in [2.45, 2.75) is 19.4 Å². The van der Waals surface area contributed by atoms with E-state index in [9.17, 15) is 13.2 Å². The highest BCUT2D eigenvalue weighted by atomic mass is 32.2. The molecule has 3 rings (SSSR count). The van der Waals surface area contributed by atoms with E-state index in [0.29, 0.717) is 30.9 Å². The first kappa shape index (κ1) is 17.6. The van der Waals surface area contributed by atoms with Crippen LogP contribution in [0.5, 0.6) is 0 Å². The third-order valence-corrected chi connectivity index (χ3v) is 5.46. The molecule has 1 atom stereocenters. The number of benzene rings is 1. The maximum absolute atomic E-state index is 12.7. The molecule has 1 amide bonds. The van der Waals surface area contributed by atoms with Crippen molar-refractivity contribution >= 4 is 15.9 Å². The number of aryl methyl sites for hydroxylation is 1. The lowest BCUT2D eigenvalue weighted by Gasteiger charge is -2.24. The van der Waals surface area contributed by atoms with Gasteiger partial charge in [-0.2, -0.15) is 9.29 Å². The zero-order valence-corrected chi connectivity index (χ0v) is 14.9. The molecule has 0 saturated carbocycles. The SMILES string of the molecule is Cc1noc(C2CCN(C(=O)c3ccccc3)CCN2S(C)(=O)=O)n1. The highest BCUT2D eigenvalue weighted by Crippen LogP contribution is 2.28. The molecule has 2 aromatic rings. The normalized spacial score (nSPS) is 19.6. The predicted molar refractivity (Wildman–Crippen MR) is 90.3 cm³/mol. The summed E-state index contributed by atoms with van der Waals surface area (Å²) in [5, 5.41) is 3.75. The minimum absolute atomic E-state index is 0.114. The van der Waals surface area contributed by atoms with Gasteiger partial charge in [0.1, 0.15) is 6.04 Å². The molecule has 0 radical (unpaired) electrons. The third kappa shape index (κ3) is 3.88. The van der Waals surface area contributed by atoms with E-state index in [2.05, 4.69) is 10.1 Å². The lowest BCUT2D eigenvalue weighted by atomic mass is 10.1. The quantitative estimate of drug-likeness (QED) is 0.813. The predicted octanol–water partition coefficient (Wildman–Crippen LogP) is 1.23. The summed E-state index contributed by atoms with van der Waals surface area (Å²) in [4.78, 5) is 18.5. The van der Waals surface area contributed by atoms with Crippen molar-refractivity contribution in [2.24, 2.45) is 0 Å². The van der Waals surface area contributed by atoms with Crippen LogP contribution < -0.4 is 0 Å². The number of sulfonamides is 1. The summed E-state index contributed by atoms with van der Waals surface area (Å²) in [7, 11) is -3.48. The van der Waals surface area contributed by atoms with E-state index in [0.717, 1.165) is 6.26 Å². The molecule has 0 spiro atoms. The van der Waals surface area contributed by atoms with Crippen LogP contribution in [-0.2, 0) is 10.0 Å². The highest BCUT2D eigenvalue weighted by Gasteiger charge is 2.35. The van der Waals surface area contributed by atoms with Crippen LogP contribution in [0.4, 0.5) is 0 Å². The Hall–Kier alpha value is -2.26. The largest absolute Gasteiger partial charge is 0.338 e. The summed E-state index contributed by atoms with van der Waals surface area (Å²) in [6.45, 7) is 2.58. The van der Waals surface area contributed by atoms with E-state index in [-0.39, 0.29) is 18.3 Å². The Morgan fingerprint density at radius 2 is 1.92 bits per heavy atom. The minimum atomic E-state index is -3.48. The van der Waals surface area contributed by atoms with E-state index in [1.165, 1.54) is 4.31 Å². The van der Waals surface area contributed by atoms with Crippen LogP contribution in [0, 0.1) is 6.92 Å². The molecule has 1 saturated heterocycles. The Balaban J connectivity index is 1.85. The van der Waals surface area contributed by atoms with Gasteiger partial charge < -0.3 is 9.42 Å². The van der Waals surface area contributed by atoms with Crippen LogP contribution in [0.25, 0.3) is 0 Å². The molecule has 1 aliphatic heterocycles. The van der Waals surface area contributed by atoms with Gasteiger partial charge in [-0.3, -0.25) is 4.79 Å². The maximum atomic E-state index is 12.7. The number of hydrogen-bond donors (Lipinski definition) is 0. The molecule has 1 aromatic heterocycles. The Morgan fingerprint density at radius 3 is 2.52 bits per heavy atom. The van der Waals surface area contributed by atoms with Gasteiger partial charge in [-0.1, -0.05) is 23.4 Å². The van der Waals surface area contributed by atoms with E-state index in [4.69, 9.17) is 4.52 Å². The molecule has 0 N–H and O–H groups in total. The molecular formula is C16H20N4O4S. The lowest BCUT2D eigenvalue weighted by Crippen LogP contribution is -2.38. The third-order valence-electron chi connectivity index (χ3n) is 4.17. The maximum Gasteiger partial charge on any atom is 0.253 e. The molecule has 8 nitrogen and oxygen atoms in total. The molecule has 25 heavy (non-hydrogen) atoms. The van der Waals surface area contributed by atoms with Crippen molar-refractivity contribution in [1.29, 1.82) is 0 Å². The van der Waals surface area contributed by atoms with Crippen molar-refractivity contribution < 1.29 is 17.7 Å². The molecule has 1 aliphatic rings. The lowest BCUT2D eigenvalue weighted by molar-refractivity contribution is 0.0763. The van der Waals surface area contributed by atoms with Crippen LogP contribution in [0.2, 0.25) is 0 Å². The van der Waals surface area contributed by atoms with Gasteiger partial charge in [0.15, 0.2) is 5.82 Å². The molecule has 134 valence electrons. The fourth-order valence-corrected chi connectivity index (χ4v) is 4.04. The zero-order valence-electron chi connectivity index (χ0n) is 14.1. The molecule has 1 fully saturated rings. The first-order chi connectivity index (χ1) is 11.9. The van der Waals surface area contributed by atoms with Crippen molar-refractivity contribution in [1.82, 2.24) is 19.3 Å². The molecule has 0 bridgehead atoms. The van der Waals surface area contributed by atoms with Gasteiger partial charge in [-0.15, -0.1) is 0 Å². The summed E-state index contributed by atoms with van der Waals surface area (Å²) in [5.41, 5.74) is 0.584. The van der Waals surface area contributed by atoms with Crippen LogP contribution in [-0.4, -0.2) is 59.6 Å². The van der Waals surface area contributed by atoms with Crippen molar-refractivity contribution in [3.63, 3.8) is 0 Å². The molecular weight excluding hydrogens is 344 g/mol. The molecule has 2 heterocycles. The second-order valence-electron chi connectivity index (χ2n) is 6.02. The number of aromatic nitrogens is 2. The monoisotopic (exact) mass is 364 g/mol. The second-order valence-corrected chi connectivity index (χ2v) is 7.95. The van der Waals surface area contributed by atoms with Crippen molar-refractivity contribution in [3.8, 4) is 0 Å². The highest BCUT2D eigenvalue weighted by molar-refractivity contribution is 7.88. The minimum Gasteiger partial charge on any atom is -0.338 e. The molecule has 0 aliphatic carbocycles. The van der Waals surface area contributed by atoms with Crippen LogP contribution in [0.1, 0.15) is 34.5 Å². The van der Waals surface area contributed by atoms with Gasteiger partial charge in [0.05, 0.1) is 6.26 Å². The van der Waals surface area contributed by atoms with Gasteiger partial charge in [0.25, 0.3) is 5.91 Å². The molecule has 1 aromatic carbocycles. The van der Waals surface area contributed by atoms with E-state index in [1.54, 1.807) is 36.1 Å². The topological polar surface area (TPSA) is 96.6 Å². The number of amides is 1. The van der Waals surface area contributed by atoms with Crippen molar-refractivity contribution in [3.05, 3.63) is 47.6 Å². The van der Waals surface area contributed by atoms with Gasteiger partial charge >= 0.3 is 0 Å². The number of carbonyl (C=O) groups is 1. The van der Waals surface area contributed by atoms with Gasteiger partial charge in [0, 0.05) is 25.2 Å². The Bertz CT molecular complexity index is 850. The van der Waals surface area contributed by atoms with Crippen LogP contribution in [0.15, 0.2) is 34.9 Å². The van der Waals surface area contributed by atoms with E-state index in [1.807, 2.05) is 6.07 Å². The molecule has 9 heteroatoms. The second kappa shape index (κ2) is 6.93. The summed E-state index contributed by atoms with van der Waals surface area (Å²) in [5.74, 6) is 0.596. The first-order valence-corrected chi connectivity index (χ1v) is 9.82. The Morgan fingerprint density at radius 1 is 1.20 bits per heavy atom. The fraction of sp³-hybridized carbons (Fsp3) is 0.438. The van der Waals surface area contributed by atoms with E-state index >= 15 is 0 Å². The Labute approximate surface area is 146 Å². The summed E-state index contributed by atoms with van der Waals surface area (Å²) in [6.07, 6.45) is 1.55.